The van der Waals surface area contributed by atoms with E-state index in [9.17, 15) is 9.59 Å². The van der Waals surface area contributed by atoms with Crippen LogP contribution < -0.4 is 16.8 Å². The molecule has 2 amide bonds. The van der Waals surface area contributed by atoms with E-state index < -0.39 is 5.91 Å². The van der Waals surface area contributed by atoms with Crippen LogP contribution in [0.4, 0.5) is 10.9 Å². The summed E-state index contributed by atoms with van der Waals surface area (Å²) in [5.74, 6) is -0.836. The number of carbonyl (C=O) groups excluding carboxylic acids is 2. The van der Waals surface area contributed by atoms with E-state index in [1.54, 1.807) is 7.11 Å². The number of hydrogen-bond acceptors (Lipinski definition) is 7. The summed E-state index contributed by atoms with van der Waals surface area (Å²) in [5, 5.41) is 3.51. The topological polar surface area (TPSA) is 124 Å². The zero-order chi connectivity index (χ0) is 14.4. The van der Waals surface area contributed by atoms with Crippen LogP contribution >= 0.6 is 11.3 Å². The Hall–Kier alpha value is -1.87. The molecule has 1 rings (SSSR count). The fraction of sp³-hybridized carbons (Fsp3) is 0.500. The highest BCUT2D eigenvalue weighted by atomic mass is 32.1. The molecule has 0 unspecified atom stereocenters. The highest BCUT2D eigenvalue weighted by molar-refractivity contribution is 7.18. The van der Waals surface area contributed by atoms with Gasteiger partial charge in [-0.2, -0.15) is 0 Å². The van der Waals surface area contributed by atoms with Crippen LogP contribution in [0.2, 0.25) is 0 Å². The Morgan fingerprint density at radius 2 is 2.21 bits per heavy atom. The number of primary amides is 1. The van der Waals surface area contributed by atoms with Crippen molar-refractivity contribution in [2.24, 2.45) is 5.73 Å². The van der Waals surface area contributed by atoms with Crippen molar-refractivity contribution < 1.29 is 14.3 Å². The SMILES string of the molecule is COCCNc1nc(N)c(C(=O)N(C)CC(N)=O)s1. The number of nitrogens with one attached hydrogen (secondary N) is 1. The number of amides is 2. The van der Waals surface area contributed by atoms with Gasteiger partial charge in [0.15, 0.2) is 5.13 Å². The number of rotatable bonds is 7. The fourth-order valence-corrected chi connectivity index (χ4v) is 2.20. The predicted molar refractivity (Wildman–Crippen MR) is 73.0 cm³/mol. The van der Waals surface area contributed by atoms with Crippen molar-refractivity contribution in [3.63, 3.8) is 0 Å². The second-order valence-corrected chi connectivity index (χ2v) is 4.78. The summed E-state index contributed by atoms with van der Waals surface area (Å²) in [6.45, 7) is 0.918. The van der Waals surface area contributed by atoms with Crippen molar-refractivity contribution in [3.8, 4) is 0 Å². The van der Waals surface area contributed by atoms with E-state index in [0.717, 1.165) is 11.3 Å². The molecule has 8 nitrogen and oxygen atoms in total. The lowest BCUT2D eigenvalue weighted by Gasteiger charge is -2.13. The van der Waals surface area contributed by atoms with Crippen molar-refractivity contribution in [1.82, 2.24) is 9.88 Å². The molecule has 1 heterocycles. The first-order valence-corrected chi connectivity index (χ1v) is 6.30. The van der Waals surface area contributed by atoms with Crippen LogP contribution in [0.25, 0.3) is 0 Å². The molecular weight excluding hydrogens is 270 g/mol. The number of ether oxygens (including phenoxy) is 1. The molecule has 0 fully saturated rings. The Kier molecular flexibility index (Phi) is 5.52. The monoisotopic (exact) mass is 287 g/mol. The van der Waals surface area contributed by atoms with Gasteiger partial charge in [-0.3, -0.25) is 9.59 Å². The zero-order valence-electron chi connectivity index (χ0n) is 10.8. The van der Waals surface area contributed by atoms with Crippen LogP contribution in [0.3, 0.4) is 0 Å². The molecule has 1 aromatic heterocycles. The van der Waals surface area contributed by atoms with Gasteiger partial charge >= 0.3 is 0 Å². The van der Waals surface area contributed by atoms with Crippen molar-refractivity contribution in [2.45, 2.75) is 0 Å². The van der Waals surface area contributed by atoms with Gasteiger partial charge in [-0.25, -0.2) is 4.98 Å². The van der Waals surface area contributed by atoms with E-state index in [0.29, 0.717) is 18.3 Å². The van der Waals surface area contributed by atoms with Crippen LogP contribution in [-0.2, 0) is 9.53 Å². The van der Waals surface area contributed by atoms with Gasteiger partial charge in [0.25, 0.3) is 5.91 Å². The summed E-state index contributed by atoms with van der Waals surface area (Å²) in [6, 6.07) is 0. The molecule has 106 valence electrons. The second kappa shape index (κ2) is 6.90. The lowest BCUT2D eigenvalue weighted by Crippen LogP contribution is -2.35. The average Bonchev–Trinajstić information content (AvgIpc) is 2.69. The van der Waals surface area contributed by atoms with Crippen LogP contribution in [0.5, 0.6) is 0 Å². The molecular formula is C10H17N5O3S. The summed E-state index contributed by atoms with van der Waals surface area (Å²) in [4.78, 5) is 28.3. The number of aromatic nitrogens is 1. The van der Waals surface area contributed by atoms with Crippen molar-refractivity contribution in [2.75, 3.05) is 44.9 Å². The molecule has 0 spiro atoms. The lowest BCUT2D eigenvalue weighted by molar-refractivity contribution is -0.118. The summed E-state index contributed by atoms with van der Waals surface area (Å²) < 4.78 is 4.89. The van der Waals surface area contributed by atoms with E-state index >= 15 is 0 Å². The second-order valence-electron chi connectivity index (χ2n) is 3.78. The maximum absolute atomic E-state index is 12.0. The standard InChI is InChI=1S/C10H17N5O3S/c1-15(5-6(11)16)9(17)7-8(12)14-10(19-7)13-3-4-18-2/h3-5,12H2,1-2H3,(H2,11,16)(H,13,14). The van der Waals surface area contributed by atoms with E-state index in [1.165, 1.54) is 11.9 Å². The molecule has 0 saturated heterocycles. The number of hydrogen-bond donors (Lipinski definition) is 3. The molecule has 0 aliphatic rings. The number of methoxy groups -OCH3 is 1. The normalized spacial score (nSPS) is 10.2. The van der Waals surface area contributed by atoms with Gasteiger partial charge in [-0.1, -0.05) is 11.3 Å². The third-order valence-corrected chi connectivity index (χ3v) is 3.19. The quantitative estimate of drug-likeness (QED) is 0.572. The summed E-state index contributed by atoms with van der Waals surface area (Å²) >= 11 is 1.13. The Labute approximate surface area is 114 Å². The number of nitrogens with zero attached hydrogens (tertiary/aromatic N) is 2. The van der Waals surface area contributed by atoms with E-state index in [-0.39, 0.29) is 23.1 Å². The first kappa shape index (κ1) is 15.2. The number of anilines is 2. The Bertz CT molecular complexity index is 462. The van der Waals surface area contributed by atoms with Crippen LogP contribution in [0, 0.1) is 0 Å². The van der Waals surface area contributed by atoms with Crippen LogP contribution in [-0.4, -0.2) is 55.6 Å². The van der Waals surface area contributed by atoms with Gasteiger partial charge in [0.2, 0.25) is 5.91 Å². The van der Waals surface area contributed by atoms with Gasteiger partial charge < -0.3 is 26.4 Å². The predicted octanol–water partition coefficient (Wildman–Crippen LogP) is -0.659. The molecule has 0 atom stereocenters. The third kappa shape index (κ3) is 4.38. The number of nitrogen functional groups attached to an aromatic ring is 1. The highest BCUT2D eigenvalue weighted by Crippen LogP contribution is 2.25. The Morgan fingerprint density at radius 3 is 2.79 bits per heavy atom. The minimum Gasteiger partial charge on any atom is -0.383 e. The fourth-order valence-electron chi connectivity index (χ4n) is 1.30. The molecule has 5 N–H and O–H groups in total. The Morgan fingerprint density at radius 1 is 1.53 bits per heavy atom. The molecule has 1 aromatic rings. The molecule has 19 heavy (non-hydrogen) atoms. The molecule has 0 saturated carbocycles. The number of nitrogens with two attached hydrogens (primary N) is 2. The van der Waals surface area contributed by atoms with Gasteiger partial charge in [-0.05, 0) is 0 Å². The Balaban J connectivity index is 2.72. The smallest absolute Gasteiger partial charge is 0.268 e. The molecule has 0 aliphatic heterocycles. The highest BCUT2D eigenvalue weighted by Gasteiger charge is 2.20. The van der Waals surface area contributed by atoms with Gasteiger partial charge in [-0.15, -0.1) is 0 Å². The molecule has 9 heteroatoms. The van der Waals surface area contributed by atoms with Gasteiger partial charge in [0.05, 0.1) is 13.2 Å². The van der Waals surface area contributed by atoms with E-state index in [1.807, 2.05) is 0 Å². The van der Waals surface area contributed by atoms with Crippen LogP contribution in [0.1, 0.15) is 9.67 Å². The van der Waals surface area contributed by atoms with Gasteiger partial charge in [0, 0.05) is 20.7 Å². The molecule has 0 bridgehead atoms. The molecule has 0 radical (unpaired) electrons. The maximum atomic E-state index is 12.0. The number of likely N-dealkylation sites (N-methyl/N-ethyl adjacent to an activating group) is 1. The molecule has 0 aliphatic carbocycles. The lowest BCUT2D eigenvalue weighted by atomic mass is 10.4. The first-order chi connectivity index (χ1) is 8.95. The minimum absolute atomic E-state index is 0.131. The third-order valence-electron chi connectivity index (χ3n) is 2.17. The van der Waals surface area contributed by atoms with E-state index in [2.05, 4.69) is 10.3 Å². The largest absolute Gasteiger partial charge is 0.383 e. The van der Waals surface area contributed by atoms with Crippen molar-refractivity contribution in [1.29, 1.82) is 0 Å². The van der Waals surface area contributed by atoms with Gasteiger partial charge in [0.1, 0.15) is 10.7 Å². The number of thiazole rings is 1. The first-order valence-electron chi connectivity index (χ1n) is 5.48. The maximum Gasteiger partial charge on any atom is 0.268 e. The zero-order valence-corrected chi connectivity index (χ0v) is 11.6. The summed E-state index contributed by atoms with van der Waals surface area (Å²) in [6.07, 6.45) is 0. The number of carbonyl (C=O) groups is 2. The van der Waals surface area contributed by atoms with Crippen LogP contribution in [0.15, 0.2) is 0 Å². The average molecular weight is 287 g/mol. The van der Waals surface area contributed by atoms with Crippen molar-refractivity contribution >= 4 is 34.1 Å². The van der Waals surface area contributed by atoms with E-state index in [4.69, 9.17) is 16.2 Å². The summed E-state index contributed by atoms with van der Waals surface area (Å²) in [7, 11) is 3.07. The van der Waals surface area contributed by atoms with Crippen molar-refractivity contribution in [3.05, 3.63) is 4.88 Å². The molecule has 0 aromatic carbocycles. The summed E-state index contributed by atoms with van der Waals surface area (Å²) in [5.41, 5.74) is 10.7. The minimum atomic E-state index is -0.586.